The number of alkyl halides is 3. The number of thioether (sulfide) groups is 1. The molecule has 1 heterocycles. The van der Waals surface area contributed by atoms with E-state index >= 15 is 0 Å². The van der Waals surface area contributed by atoms with Crippen molar-refractivity contribution in [3.63, 3.8) is 0 Å². The number of benzene rings is 1. The van der Waals surface area contributed by atoms with Crippen molar-refractivity contribution in [2.45, 2.75) is 36.6 Å². The molecule has 0 amide bonds. The average molecular weight is 409 g/mol. The molecule has 134 valence electrons. The summed E-state index contributed by atoms with van der Waals surface area (Å²) in [5.41, 5.74) is 5.12. The average Bonchev–Trinajstić information content (AvgIpc) is 2.73. The Balaban J connectivity index is 2.66. The van der Waals surface area contributed by atoms with Gasteiger partial charge in [-0.25, -0.2) is 4.68 Å². The summed E-state index contributed by atoms with van der Waals surface area (Å²) in [6.45, 7) is 5.77. The molecule has 0 fully saturated rings. The van der Waals surface area contributed by atoms with E-state index in [1.165, 1.54) is 11.8 Å². The molecule has 0 aliphatic carbocycles. The number of nitrogen functional groups attached to an aromatic ring is 1. The van der Waals surface area contributed by atoms with Gasteiger partial charge in [0.15, 0.2) is 5.69 Å². The van der Waals surface area contributed by atoms with Crippen molar-refractivity contribution in [1.82, 2.24) is 9.78 Å². The zero-order valence-electron chi connectivity index (χ0n) is 13.4. The molecule has 0 aliphatic rings. The molecular formula is C15H13Cl2F3N4S. The standard InChI is InChI=1S/C15H13Cl2F3N4S/c1-14(2,3)25-12-10(6-21)23-24(13(12)22)11-8(16)4-7(5-9(11)17)15(18,19)20/h4-5H,22H2,1-3H3. The molecule has 2 N–H and O–H groups in total. The second kappa shape index (κ2) is 6.63. The fraction of sp³-hybridized carbons (Fsp3) is 0.333. The van der Waals surface area contributed by atoms with Crippen LogP contribution in [0.3, 0.4) is 0 Å². The number of hydrogen-bond acceptors (Lipinski definition) is 4. The lowest BCUT2D eigenvalue weighted by Gasteiger charge is -2.17. The maximum absolute atomic E-state index is 12.9. The molecule has 0 spiro atoms. The zero-order valence-corrected chi connectivity index (χ0v) is 15.7. The second-order valence-electron chi connectivity index (χ2n) is 6.09. The molecule has 1 aromatic heterocycles. The van der Waals surface area contributed by atoms with E-state index in [-0.39, 0.29) is 32.0 Å². The van der Waals surface area contributed by atoms with E-state index in [9.17, 15) is 18.4 Å². The molecule has 0 bridgehead atoms. The van der Waals surface area contributed by atoms with Gasteiger partial charge in [0.2, 0.25) is 0 Å². The minimum atomic E-state index is -4.59. The summed E-state index contributed by atoms with van der Waals surface area (Å²) in [4.78, 5) is 0.419. The van der Waals surface area contributed by atoms with Gasteiger partial charge in [0, 0.05) is 4.75 Å². The highest BCUT2D eigenvalue weighted by atomic mass is 35.5. The van der Waals surface area contributed by atoms with Crippen LogP contribution in [0.25, 0.3) is 5.69 Å². The quantitative estimate of drug-likeness (QED) is 0.662. The molecule has 25 heavy (non-hydrogen) atoms. The van der Waals surface area contributed by atoms with Crippen LogP contribution in [0, 0.1) is 11.3 Å². The highest BCUT2D eigenvalue weighted by Gasteiger charge is 2.33. The molecule has 2 rings (SSSR count). The lowest BCUT2D eigenvalue weighted by Crippen LogP contribution is -2.09. The number of nitrogens with two attached hydrogens (primary N) is 1. The van der Waals surface area contributed by atoms with E-state index in [0.717, 1.165) is 16.8 Å². The van der Waals surface area contributed by atoms with Crippen molar-refractivity contribution in [2.75, 3.05) is 5.73 Å². The summed E-state index contributed by atoms with van der Waals surface area (Å²) in [5.74, 6) is 0.0834. The molecule has 1 aromatic carbocycles. The summed E-state index contributed by atoms with van der Waals surface area (Å²) in [6.07, 6.45) is -4.59. The third-order valence-corrected chi connectivity index (χ3v) is 4.74. The van der Waals surface area contributed by atoms with E-state index in [1.807, 2.05) is 26.8 Å². The van der Waals surface area contributed by atoms with Gasteiger partial charge < -0.3 is 5.73 Å². The van der Waals surface area contributed by atoms with E-state index in [0.29, 0.717) is 4.90 Å². The Morgan fingerprint density at radius 2 is 1.72 bits per heavy atom. The maximum atomic E-state index is 12.9. The third kappa shape index (κ3) is 4.17. The monoisotopic (exact) mass is 408 g/mol. The minimum Gasteiger partial charge on any atom is -0.383 e. The van der Waals surface area contributed by atoms with Crippen LogP contribution in [0.1, 0.15) is 32.0 Å². The van der Waals surface area contributed by atoms with Crippen LogP contribution >= 0.6 is 35.0 Å². The molecule has 0 atom stereocenters. The van der Waals surface area contributed by atoms with Crippen LogP contribution in [0.4, 0.5) is 19.0 Å². The summed E-state index contributed by atoms with van der Waals surface area (Å²) in [7, 11) is 0. The van der Waals surface area contributed by atoms with Gasteiger partial charge in [-0.3, -0.25) is 0 Å². The number of aromatic nitrogens is 2. The van der Waals surface area contributed by atoms with Crippen LogP contribution in [-0.2, 0) is 6.18 Å². The first kappa shape index (κ1) is 19.8. The Labute approximate surface area is 156 Å². The summed E-state index contributed by atoms with van der Waals surface area (Å²) in [5, 5.41) is 12.8. The lowest BCUT2D eigenvalue weighted by atomic mass is 10.2. The lowest BCUT2D eigenvalue weighted by molar-refractivity contribution is -0.137. The normalized spacial score (nSPS) is 12.3. The number of anilines is 1. The Morgan fingerprint density at radius 3 is 2.12 bits per heavy atom. The molecule has 0 saturated carbocycles. The first-order valence-corrected chi connectivity index (χ1v) is 8.46. The number of nitrogens with zero attached hydrogens (tertiary/aromatic N) is 3. The molecule has 0 unspecified atom stereocenters. The van der Waals surface area contributed by atoms with Crippen molar-refractivity contribution < 1.29 is 13.2 Å². The Bertz CT molecular complexity index is 840. The van der Waals surface area contributed by atoms with E-state index in [1.54, 1.807) is 0 Å². The largest absolute Gasteiger partial charge is 0.416 e. The molecule has 0 saturated heterocycles. The van der Waals surface area contributed by atoms with Gasteiger partial charge in [-0.05, 0) is 12.1 Å². The Hall–Kier alpha value is -1.56. The van der Waals surface area contributed by atoms with Crippen molar-refractivity contribution in [1.29, 1.82) is 5.26 Å². The highest BCUT2D eigenvalue weighted by Crippen LogP contribution is 2.42. The van der Waals surface area contributed by atoms with Crippen molar-refractivity contribution in [2.24, 2.45) is 0 Å². The third-order valence-electron chi connectivity index (χ3n) is 2.95. The van der Waals surface area contributed by atoms with Gasteiger partial charge in [-0.1, -0.05) is 44.0 Å². The Kier molecular flexibility index (Phi) is 5.24. The topological polar surface area (TPSA) is 67.6 Å². The molecule has 2 aromatic rings. The zero-order chi connectivity index (χ0) is 19.2. The van der Waals surface area contributed by atoms with E-state index < -0.39 is 11.7 Å². The van der Waals surface area contributed by atoms with Crippen LogP contribution < -0.4 is 5.73 Å². The fourth-order valence-corrected chi connectivity index (χ4v) is 3.63. The van der Waals surface area contributed by atoms with Crippen LogP contribution in [0.2, 0.25) is 10.0 Å². The molecule has 10 heteroatoms. The SMILES string of the molecule is CC(C)(C)Sc1c(C#N)nn(-c2c(Cl)cc(C(F)(F)F)cc2Cl)c1N. The number of halogens is 5. The first-order chi connectivity index (χ1) is 11.3. The smallest absolute Gasteiger partial charge is 0.383 e. The van der Waals surface area contributed by atoms with Crippen LogP contribution in [0.15, 0.2) is 17.0 Å². The molecule has 0 radical (unpaired) electrons. The first-order valence-electron chi connectivity index (χ1n) is 6.89. The highest BCUT2D eigenvalue weighted by molar-refractivity contribution is 8.00. The van der Waals surface area contributed by atoms with Gasteiger partial charge in [0.05, 0.1) is 20.5 Å². The van der Waals surface area contributed by atoms with Gasteiger partial charge >= 0.3 is 6.18 Å². The second-order valence-corrected chi connectivity index (χ2v) is 8.74. The predicted octanol–water partition coefficient (Wildman–Crippen LogP) is 5.54. The van der Waals surface area contributed by atoms with Gasteiger partial charge in [0.25, 0.3) is 0 Å². The molecule has 0 aliphatic heterocycles. The molecular weight excluding hydrogens is 396 g/mol. The summed E-state index contributed by atoms with van der Waals surface area (Å²) in [6, 6.07) is 3.41. The van der Waals surface area contributed by atoms with Crippen LogP contribution in [-0.4, -0.2) is 14.5 Å². The van der Waals surface area contributed by atoms with Gasteiger partial charge in [0.1, 0.15) is 17.6 Å². The van der Waals surface area contributed by atoms with E-state index in [2.05, 4.69) is 5.10 Å². The summed E-state index contributed by atoms with van der Waals surface area (Å²) >= 11 is 13.3. The van der Waals surface area contributed by atoms with Crippen molar-refractivity contribution in [3.8, 4) is 11.8 Å². The number of nitriles is 1. The van der Waals surface area contributed by atoms with Gasteiger partial charge in [-0.15, -0.1) is 11.8 Å². The maximum Gasteiger partial charge on any atom is 0.416 e. The minimum absolute atomic E-state index is 0.00825. The van der Waals surface area contributed by atoms with Gasteiger partial charge in [-0.2, -0.15) is 23.5 Å². The molecule has 4 nitrogen and oxygen atoms in total. The fourth-order valence-electron chi connectivity index (χ4n) is 2.00. The number of hydrogen-bond donors (Lipinski definition) is 1. The summed E-state index contributed by atoms with van der Waals surface area (Å²) < 4.78 is 39.4. The predicted molar refractivity (Wildman–Crippen MR) is 93.3 cm³/mol. The van der Waals surface area contributed by atoms with Crippen molar-refractivity contribution in [3.05, 3.63) is 33.4 Å². The van der Waals surface area contributed by atoms with Crippen molar-refractivity contribution >= 4 is 40.8 Å². The Morgan fingerprint density at radius 1 is 1.20 bits per heavy atom. The van der Waals surface area contributed by atoms with E-state index in [4.69, 9.17) is 28.9 Å². The van der Waals surface area contributed by atoms with Crippen LogP contribution in [0.5, 0.6) is 0 Å². The number of rotatable bonds is 2.